The average molecular weight is 337 g/mol. The van der Waals surface area contributed by atoms with Crippen LogP contribution in [0.1, 0.15) is 31.7 Å². The summed E-state index contributed by atoms with van der Waals surface area (Å²) in [6.45, 7) is 4.10. The molecule has 1 aliphatic rings. The molecule has 124 valence electrons. The Balaban J connectivity index is 2.18. The highest BCUT2D eigenvalue weighted by Gasteiger charge is 2.32. The maximum Gasteiger partial charge on any atom is 0.314 e. The van der Waals surface area contributed by atoms with Crippen LogP contribution in [-0.2, 0) is 10.0 Å². The molecule has 8 heteroatoms. The Morgan fingerprint density at radius 1 is 1.09 bits per heavy atom. The van der Waals surface area contributed by atoms with Crippen molar-refractivity contribution in [1.82, 2.24) is 14.3 Å². The standard InChI is InChI=1S/C15H19N3O4S/c1-9-7-11-12(17-15(20)14(19)16-11)8-13(9)23(21,22)18-6-4-3-5-10(18)2/h7-8,10H,3-6H2,1-2H3,(H,16,19)(H,17,20)/t10-/m1/s1. The van der Waals surface area contributed by atoms with Gasteiger partial charge in [0.2, 0.25) is 10.0 Å². The second kappa shape index (κ2) is 5.61. The Hall–Kier alpha value is -1.93. The summed E-state index contributed by atoms with van der Waals surface area (Å²) in [5, 5.41) is 0. The van der Waals surface area contributed by atoms with Crippen molar-refractivity contribution >= 4 is 21.1 Å². The first-order valence-corrected chi connectivity index (χ1v) is 9.03. The van der Waals surface area contributed by atoms with Crippen LogP contribution in [0, 0.1) is 6.92 Å². The van der Waals surface area contributed by atoms with E-state index in [1.54, 1.807) is 13.0 Å². The largest absolute Gasteiger partial charge is 0.316 e. The van der Waals surface area contributed by atoms with Crippen molar-refractivity contribution in [3.8, 4) is 0 Å². The number of aryl methyl sites for hydroxylation is 1. The molecule has 23 heavy (non-hydrogen) atoms. The van der Waals surface area contributed by atoms with Crippen LogP contribution in [0.2, 0.25) is 0 Å². The predicted molar refractivity (Wildman–Crippen MR) is 87.1 cm³/mol. The quantitative estimate of drug-likeness (QED) is 0.801. The Morgan fingerprint density at radius 3 is 2.30 bits per heavy atom. The van der Waals surface area contributed by atoms with E-state index in [0.29, 0.717) is 23.1 Å². The number of nitrogens with zero attached hydrogens (tertiary/aromatic N) is 1. The molecule has 1 aliphatic heterocycles. The fourth-order valence-electron chi connectivity index (χ4n) is 3.09. The highest BCUT2D eigenvalue weighted by molar-refractivity contribution is 7.89. The normalized spacial score (nSPS) is 20.0. The first kappa shape index (κ1) is 15.9. The molecule has 7 nitrogen and oxygen atoms in total. The predicted octanol–water partition coefficient (Wildman–Crippen LogP) is 1.09. The van der Waals surface area contributed by atoms with Crippen LogP contribution in [-0.4, -0.2) is 35.3 Å². The molecule has 0 bridgehead atoms. The van der Waals surface area contributed by atoms with E-state index in [1.165, 1.54) is 10.4 Å². The molecule has 0 radical (unpaired) electrons. The number of rotatable bonds is 2. The van der Waals surface area contributed by atoms with Gasteiger partial charge in [-0.05, 0) is 44.4 Å². The molecule has 1 atom stereocenters. The van der Waals surface area contributed by atoms with Gasteiger partial charge in [-0.15, -0.1) is 0 Å². The van der Waals surface area contributed by atoms with Crippen molar-refractivity contribution in [2.75, 3.05) is 6.54 Å². The minimum Gasteiger partial charge on any atom is -0.316 e. The number of aromatic nitrogens is 2. The first-order chi connectivity index (χ1) is 10.8. The zero-order valence-electron chi connectivity index (χ0n) is 13.0. The lowest BCUT2D eigenvalue weighted by Crippen LogP contribution is -2.42. The molecular weight excluding hydrogens is 318 g/mol. The van der Waals surface area contributed by atoms with Crippen molar-refractivity contribution in [1.29, 1.82) is 0 Å². The fourth-order valence-corrected chi connectivity index (χ4v) is 5.02. The SMILES string of the molecule is Cc1cc2[nH]c(=O)c(=O)[nH]c2cc1S(=O)(=O)N1CCCC[C@H]1C. The third-order valence-electron chi connectivity index (χ3n) is 4.35. The molecule has 0 saturated carbocycles. The number of sulfonamides is 1. The van der Waals surface area contributed by atoms with Gasteiger partial charge in [0, 0.05) is 12.6 Å². The summed E-state index contributed by atoms with van der Waals surface area (Å²) in [7, 11) is -3.64. The second-order valence-electron chi connectivity index (χ2n) is 6.03. The van der Waals surface area contributed by atoms with E-state index in [-0.39, 0.29) is 10.9 Å². The van der Waals surface area contributed by atoms with Crippen molar-refractivity contribution in [2.45, 2.75) is 44.0 Å². The number of nitrogens with one attached hydrogen (secondary N) is 2. The molecule has 2 aromatic rings. The summed E-state index contributed by atoms with van der Waals surface area (Å²) in [4.78, 5) is 27.9. The number of fused-ring (bicyclic) bond motifs is 1. The molecular formula is C15H19N3O4S. The number of piperidine rings is 1. The molecule has 0 aliphatic carbocycles. The molecule has 2 heterocycles. The van der Waals surface area contributed by atoms with E-state index >= 15 is 0 Å². The summed E-state index contributed by atoms with van der Waals surface area (Å²) >= 11 is 0. The number of H-pyrrole nitrogens is 2. The molecule has 2 N–H and O–H groups in total. The van der Waals surface area contributed by atoms with Crippen LogP contribution in [0.25, 0.3) is 11.0 Å². The average Bonchev–Trinajstić information content (AvgIpc) is 2.48. The number of benzene rings is 1. The van der Waals surface area contributed by atoms with Gasteiger partial charge in [0.05, 0.1) is 15.9 Å². The van der Waals surface area contributed by atoms with Crippen molar-refractivity contribution in [3.63, 3.8) is 0 Å². The van der Waals surface area contributed by atoms with Crippen LogP contribution >= 0.6 is 0 Å². The zero-order chi connectivity index (χ0) is 16.8. The van der Waals surface area contributed by atoms with Gasteiger partial charge in [-0.2, -0.15) is 4.31 Å². The Bertz CT molecular complexity index is 974. The van der Waals surface area contributed by atoms with E-state index in [0.717, 1.165) is 19.3 Å². The molecule has 1 fully saturated rings. The van der Waals surface area contributed by atoms with Crippen molar-refractivity contribution < 1.29 is 8.42 Å². The monoisotopic (exact) mass is 337 g/mol. The number of aromatic amines is 2. The summed E-state index contributed by atoms with van der Waals surface area (Å²) in [6.07, 6.45) is 2.72. The van der Waals surface area contributed by atoms with Crippen LogP contribution in [0.15, 0.2) is 26.6 Å². The Kier molecular flexibility index (Phi) is 3.89. The summed E-state index contributed by atoms with van der Waals surface area (Å²) in [5.74, 6) is 0. The minimum atomic E-state index is -3.64. The van der Waals surface area contributed by atoms with Crippen LogP contribution in [0.4, 0.5) is 0 Å². The molecule has 0 unspecified atom stereocenters. The molecule has 3 rings (SSSR count). The summed E-state index contributed by atoms with van der Waals surface area (Å²) in [5.41, 5.74) is -0.285. The molecule has 1 aromatic carbocycles. The number of hydrogen-bond acceptors (Lipinski definition) is 4. The molecule has 0 spiro atoms. The lowest BCUT2D eigenvalue weighted by molar-refractivity contribution is 0.268. The van der Waals surface area contributed by atoms with Gasteiger partial charge in [0.1, 0.15) is 0 Å². The molecule has 1 aromatic heterocycles. The first-order valence-electron chi connectivity index (χ1n) is 7.59. The second-order valence-corrected chi connectivity index (χ2v) is 7.89. The van der Waals surface area contributed by atoms with E-state index in [4.69, 9.17) is 0 Å². The highest BCUT2D eigenvalue weighted by Crippen LogP contribution is 2.28. The maximum atomic E-state index is 13.0. The van der Waals surface area contributed by atoms with Gasteiger partial charge in [-0.25, -0.2) is 8.42 Å². The smallest absolute Gasteiger partial charge is 0.314 e. The molecule has 1 saturated heterocycles. The molecule has 0 amide bonds. The Labute approximate surface area is 133 Å². The van der Waals surface area contributed by atoms with Gasteiger partial charge >= 0.3 is 11.1 Å². The minimum absolute atomic E-state index is 0.0431. The van der Waals surface area contributed by atoms with E-state index in [9.17, 15) is 18.0 Å². The van der Waals surface area contributed by atoms with Gasteiger partial charge in [0.25, 0.3) is 0 Å². The third kappa shape index (κ3) is 2.72. The zero-order valence-corrected chi connectivity index (χ0v) is 13.9. The van der Waals surface area contributed by atoms with Crippen LogP contribution < -0.4 is 11.1 Å². The van der Waals surface area contributed by atoms with Gasteiger partial charge in [-0.1, -0.05) is 6.42 Å². The Morgan fingerprint density at radius 2 is 1.70 bits per heavy atom. The van der Waals surface area contributed by atoms with Crippen molar-refractivity contribution in [2.24, 2.45) is 0 Å². The van der Waals surface area contributed by atoms with Gasteiger partial charge < -0.3 is 9.97 Å². The van der Waals surface area contributed by atoms with E-state index in [1.807, 2.05) is 6.92 Å². The van der Waals surface area contributed by atoms with Crippen LogP contribution in [0.5, 0.6) is 0 Å². The highest BCUT2D eigenvalue weighted by atomic mass is 32.2. The lowest BCUT2D eigenvalue weighted by Gasteiger charge is -2.32. The van der Waals surface area contributed by atoms with Crippen molar-refractivity contribution in [3.05, 3.63) is 38.4 Å². The number of hydrogen-bond donors (Lipinski definition) is 2. The topological polar surface area (TPSA) is 103 Å². The van der Waals surface area contributed by atoms with E-state index in [2.05, 4.69) is 9.97 Å². The summed E-state index contributed by atoms with van der Waals surface area (Å²) < 4.78 is 27.5. The van der Waals surface area contributed by atoms with E-state index < -0.39 is 21.1 Å². The summed E-state index contributed by atoms with van der Waals surface area (Å²) in [6, 6.07) is 2.96. The lowest BCUT2D eigenvalue weighted by atomic mass is 10.1. The maximum absolute atomic E-state index is 13.0. The van der Waals surface area contributed by atoms with Gasteiger partial charge in [0.15, 0.2) is 0 Å². The third-order valence-corrected chi connectivity index (χ3v) is 6.50. The van der Waals surface area contributed by atoms with Gasteiger partial charge in [-0.3, -0.25) is 9.59 Å². The van der Waals surface area contributed by atoms with Crippen LogP contribution in [0.3, 0.4) is 0 Å². The fraction of sp³-hybridized carbons (Fsp3) is 0.467.